The van der Waals surface area contributed by atoms with Crippen LogP contribution in [-0.2, 0) is 12.0 Å². The van der Waals surface area contributed by atoms with Crippen molar-refractivity contribution in [1.82, 2.24) is 9.97 Å². The zero-order chi connectivity index (χ0) is 15.6. The van der Waals surface area contributed by atoms with E-state index in [2.05, 4.69) is 64.5 Å². The average Bonchev–Trinajstić information content (AvgIpc) is 2.82. The quantitative estimate of drug-likeness (QED) is 0.830. The Hall–Kier alpha value is -1.14. The lowest BCUT2D eigenvalue weighted by atomic mass is 9.95. The second-order valence-corrected chi connectivity index (χ2v) is 8.48. The Bertz CT molecular complexity index is 631. The van der Waals surface area contributed by atoms with Crippen LogP contribution in [0.1, 0.15) is 37.0 Å². The van der Waals surface area contributed by atoms with Gasteiger partial charge in [-0.25, -0.2) is 9.97 Å². The van der Waals surface area contributed by atoms with Crippen LogP contribution in [0.4, 0.5) is 11.6 Å². The third kappa shape index (κ3) is 3.95. The van der Waals surface area contributed by atoms with E-state index < -0.39 is 0 Å². The second-order valence-electron chi connectivity index (χ2n) is 5.93. The van der Waals surface area contributed by atoms with Crippen molar-refractivity contribution in [3.63, 3.8) is 0 Å². The van der Waals surface area contributed by atoms with Crippen LogP contribution in [0.5, 0.6) is 0 Å². The molecule has 6 heteroatoms. The van der Waals surface area contributed by atoms with E-state index in [-0.39, 0.29) is 5.41 Å². The molecule has 0 unspecified atom stereocenters. The predicted octanol–water partition coefficient (Wildman–Crippen LogP) is 4.56. The molecule has 0 aliphatic heterocycles. The second kappa shape index (κ2) is 6.32. The van der Waals surface area contributed by atoms with Gasteiger partial charge in [-0.3, -0.25) is 0 Å². The monoisotopic (exact) mass is 368 g/mol. The molecular weight excluding hydrogens is 348 g/mol. The molecule has 0 aliphatic carbocycles. The lowest BCUT2D eigenvalue weighted by molar-refractivity contribution is 0.546. The van der Waals surface area contributed by atoms with Crippen LogP contribution in [-0.4, -0.2) is 17.0 Å². The summed E-state index contributed by atoms with van der Waals surface area (Å²) in [6, 6.07) is 4.18. The Morgan fingerprint density at radius 3 is 2.38 bits per heavy atom. The van der Waals surface area contributed by atoms with Gasteiger partial charge in [-0.2, -0.15) is 0 Å². The molecule has 0 fully saturated rings. The fourth-order valence-corrected chi connectivity index (χ4v) is 3.31. The van der Waals surface area contributed by atoms with Gasteiger partial charge in [0.25, 0.3) is 0 Å². The fourth-order valence-electron chi connectivity index (χ4n) is 1.89. The zero-order valence-electron chi connectivity index (χ0n) is 13.0. The molecule has 2 heterocycles. The Morgan fingerprint density at radius 1 is 1.19 bits per heavy atom. The number of aromatic nitrogens is 2. The summed E-state index contributed by atoms with van der Waals surface area (Å²) in [6.45, 7) is 9.16. The smallest absolute Gasteiger partial charge is 0.138 e. The van der Waals surface area contributed by atoms with Gasteiger partial charge in [-0.15, -0.1) is 11.3 Å². The van der Waals surface area contributed by atoms with Crippen molar-refractivity contribution in [2.45, 2.75) is 39.7 Å². The standard InChI is InChI=1S/C15H21BrN4S/c1-9-12(17-5)19-14(15(2,3)4)20-13(9)18-8-10-6-7-11(16)21-10/h6-7H,8H2,1-5H3,(H2,17,18,19,20). The summed E-state index contributed by atoms with van der Waals surface area (Å²) < 4.78 is 1.14. The van der Waals surface area contributed by atoms with Gasteiger partial charge in [-0.05, 0) is 35.0 Å². The maximum Gasteiger partial charge on any atom is 0.138 e. The van der Waals surface area contributed by atoms with Crippen molar-refractivity contribution in [3.8, 4) is 0 Å². The van der Waals surface area contributed by atoms with Gasteiger partial charge in [0, 0.05) is 22.9 Å². The van der Waals surface area contributed by atoms with E-state index in [1.54, 1.807) is 11.3 Å². The van der Waals surface area contributed by atoms with Crippen LogP contribution in [0.3, 0.4) is 0 Å². The highest BCUT2D eigenvalue weighted by Gasteiger charge is 2.20. The van der Waals surface area contributed by atoms with Crippen molar-refractivity contribution in [2.75, 3.05) is 17.7 Å². The number of anilines is 2. The highest BCUT2D eigenvalue weighted by atomic mass is 79.9. The Balaban J connectivity index is 2.28. The summed E-state index contributed by atoms with van der Waals surface area (Å²) in [5.74, 6) is 2.61. The van der Waals surface area contributed by atoms with Gasteiger partial charge in [0.2, 0.25) is 0 Å². The molecule has 0 aliphatic rings. The predicted molar refractivity (Wildman–Crippen MR) is 94.4 cm³/mol. The minimum absolute atomic E-state index is 0.0817. The first-order chi connectivity index (χ1) is 9.81. The Kier molecular flexibility index (Phi) is 4.88. The van der Waals surface area contributed by atoms with E-state index >= 15 is 0 Å². The van der Waals surface area contributed by atoms with Crippen LogP contribution in [0.25, 0.3) is 0 Å². The summed E-state index contributed by atoms with van der Waals surface area (Å²) >= 11 is 5.22. The van der Waals surface area contributed by atoms with E-state index in [9.17, 15) is 0 Å². The van der Waals surface area contributed by atoms with Crippen LogP contribution in [0.2, 0.25) is 0 Å². The van der Waals surface area contributed by atoms with E-state index in [0.29, 0.717) is 0 Å². The number of hydrogen-bond acceptors (Lipinski definition) is 5. The first-order valence-corrected chi connectivity index (χ1v) is 8.47. The molecule has 4 nitrogen and oxygen atoms in total. The van der Waals surface area contributed by atoms with Gasteiger partial charge < -0.3 is 10.6 Å². The third-order valence-electron chi connectivity index (χ3n) is 3.11. The molecule has 21 heavy (non-hydrogen) atoms. The molecule has 2 aromatic rings. The van der Waals surface area contributed by atoms with Gasteiger partial charge in [-0.1, -0.05) is 20.8 Å². The molecule has 2 aromatic heterocycles. The van der Waals surface area contributed by atoms with Crippen LogP contribution in [0.15, 0.2) is 15.9 Å². The van der Waals surface area contributed by atoms with Crippen LogP contribution < -0.4 is 10.6 Å². The highest BCUT2D eigenvalue weighted by molar-refractivity contribution is 9.11. The number of thiophene rings is 1. The maximum atomic E-state index is 4.70. The Morgan fingerprint density at radius 2 is 1.86 bits per heavy atom. The maximum absolute atomic E-state index is 4.70. The Labute approximate surface area is 138 Å². The molecular formula is C15H21BrN4S. The molecule has 114 valence electrons. The van der Waals surface area contributed by atoms with Crippen LogP contribution in [0, 0.1) is 6.92 Å². The minimum atomic E-state index is -0.0817. The van der Waals surface area contributed by atoms with Crippen molar-refractivity contribution < 1.29 is 0 Å². The molecule has 0 amide bonds. The van der Waals surface area contributed by atoms with Gasteiger partial charge >= 0.3 is 0 Å². The third-order valence-corrected chi connectivity index (χ3v) is 4.74. The number of hydrogen-bond donors (Lipinski definition) is 2. The van der Waals surface area contributed by atoms with E-state index in [1.807, 2.05) is 14.0 Å². The summed E-state index contributed by atoms with van der Waals surface area (Å²) in [5.41, 5.74) is 0.961. The van der Waals surface area contributed by atoms with Gasteiger partial charge in [0.05, 0.1) is 10.3 Å². The fraction of sp³-hybridized carbons (Fsp3) is 0.467. The van der Waals surface area contributed by atoms with Gasteiger partial charge in [0.15, 0.2) is 0 Å². The normalized spacial score (nSPS) is 11.5. The van der Waals surface area contributed by atoms with Gasteiger partial charge in [0.1, 0.15) is 17.5 Å². The highest BCUT2D eigenvalue weighted by Crippen LogP contribution is 2.27. The lowest BCUT2D eigenvalue weighted by Gasteiger charge is -2.20. The van der Waals surface area contributed by atoms with E-state index in [0.717, 1.165) is 33.4 Å². The first kappa shape index (κ1) is 16.2. The van der Waals surface area contributed by atoms with Crippen molar-refractivity contribution >= 4 is 38.9 Å². The lowest BCUT2D eigenvalue weighted by Crippen LogP contribution is -2.19. The first-order valence-electron chi connectivity index (χ1n) is 6.86. The molecule has 0 radical (unpaired) electrons. The summed E-state index contributed by atoms with van der Waals surface area (Å²) in [6.07, 6.45) is 0. The van der Waals surface area contributed by atoms with Crippen molar-refractivity contribution in [3.05, 3.63) is 32.2 Å². The average molecular weight is 369 g/mol. The number of halogens is 1. The summed E-state index contributed by atoms with van der Waals surface area (Å²) in [7, 11) is 1.89. The van der Waals surface area contributed by atoms with Crippen molar-refractivity contribution in [1.29, 1.82) is 0 Å². The van der Waals surface area contributed by atoms with Crippen LogP contribution >= 0.6 is 27.3 Å². The molecule has 2 rings (SSSR count). The molecule has 0 saturated heterocycles. The SMILES string of the molecule is CNc1nc(C(C)(C)C)nc(NCc2ccc(Br)s2)c1C. The molecule has 0 saturated carbocycles. The number of rotatable bonds is 4. The molecule has 2 N–H and O–H groups in total. The molecule has 0 spiro atoms. The zero-order valence-corrected chi connectivity index (χ0v) is 15.4. The topological polar surface area (TPSA) is 49.8 Å². The number of nitrogens with one attached hydrogen (secondary N) is 2. The van der Waals surface area contributed by atoms with E-state index in [1.165, 1.54) is 4.88 Å². The minimum Gasteiger partial charge on any atom is -0.373 e. The molecule has 0 atom stereocenters. The summed E-state index contributed by atoms with van der Waals surface area (Å²) in [5, 5.41) is 6.58. The number of nitrogens with zero attached hydrogens (tertiary/aromatic N) is 2. The van der Waals surface area contributed by atoms with E-state index in [4.69, 9.17) is 4.98 Å². The van der Waals surface area contributed by atoms with Crippen molar-refractivity contribution in [2.24, 2.45) is 0 Å². The molecule has 0 aromatic carbocycles. The molecule has 0 bridgehead atoms. The largest absolute Gasteiger partial charge is 0.373 e. The summed E-state index contributed by atoms with van der Waals surface area (Å²) in [4.78, 5) is 10.6.